The lowest BCUT2D eigenvalue weighted by Gasteiger charge is -2.11. The standard InChI is InChI=1S/C24H13BrF2/c25-22-10-4-7-18(12-11-17-13-14-19(26)15-23(17)27)24(22)21-9-3-6-16-5-1-2-8-20(16)21/h1-10,13-15H. The molecule has 0 aliphatic rings. The van der Waals surface area contributed by atoms with Crippen molar-refractivity contribution in [3.8, 4) is 23.0 Å². The van der Waals surface area contributed by atoms with Crippen LogP contribution in [0, 0.1) is 23.5 Å². The van der Waals surface area contributed by atoms with E-state index in [0.717, 1.165) is 38.0 Å². The molecule has 0 unspecified atom stereocenters. The second kappa shape index (κ2) is 7.34. The van der Waals surface area contributed by atoms with E-state index in [4.69, 9.17) is 0 Å². The SMILES string of the molecule is Fc1ccc(C#Cc2cccc(Br)c2-c2cccc3ccccc23)c(F)c1. The van der Waals surface area contributed by atoms with Gasteiger partial charge in [-0.1, -0.05) is 76.3 Å². The third-order valence-electron chi connectivity index (χ3n) is 4.34. The van der Waals surface area contributed by atoms with E-state index in [1.165, 1.54) is 12.1 Å². The van der Waals surface area contributed by atoms with Gasteiger partial charge in [0.05, 0.1) is 5.56 Å². The highest BCUT2D eigenvalue weighted by Gasteiger charge is 2.11. The third-order valence-corrected chi connectivity index (χ3v) is 5.00. The Bertz CT molecular complexity index is 1210. The second-order valence-corrected chi connectivity index (χ2v) is 6.92. The second-order valence-electron chi connectivity index (χ2n) is 6.06. The zero-order valence-electron chi connectivity index (χ0n) is 14.1. The van der Waals surface area contributed by atoms with Gasteiger partial charge in [-0.2, -0.15) is 0 Å². The van der Waals surface area contributed by atoms with Crippen LogP contribution in [-0.4, -0.2) is 0 Å². The van der Waals surface area contributed by atoms with Crippen molar-refractivity contribution in [1.29, 1.82) is 0 Å². The molecular weight excluding hydrogens is 406 g/mol. The molecular formula is C24H13BrF2. The molecule has 130 valence electrons. The number of rotatable bonds is 1. The van der Waals surface area contributed by atoms with E-state index in [9.17, 15) is 8.78 Å². The maximum atomic E-state index is 13.9. The molecule has 0 aliphatic heterocycles. The molecule has 4 rings (SSSR count). The lowest BCUT2D eigenvalue weighted by Crippen LogP contribution is -1.89. The molecule has 0 bridgehead atoms. The van der Waals surface area contributed by atoms with Gasteiger partial charge < -0.3 is 0 Å². The first-order valence-corrected chi connectivity index (χ1v) is 9.16. The lowest BCUT2D eigenvalue weighted by molar-refractivity contribution is 0.581. The van der Waals surface area contributed by atoms with Crippen molar-refractivity contribution in [2.24, 2.45) is 0 Å². The monoisotopic (exact) mass is 418 g/mol. The Labute approximate surface area is 164 Å². The van der Waals surface area contributed by atoms with Crippen LogP contribution >= 0.6 is 15.9 Å². The highest BCUT2D eigenvalue weighted by Crippen LogP contribution is 2.36. The number of halogens is 3. The minimum absolute atomic E-state index is 0.167. The van der Waals surface area contributed by atoms with Crippen LogP contribution in [0.25, 0.3) is 21.9 Å². The summed E-state index contributed by atoms with van der Waals surface area (Å²) in [5.74, 6) is 4.60. The first kappa shape index (κ1) is 17.5. The average molecular weight is 419 g/mol. The molecule has 4 aromatic rings. The van der Waals surface area contributed by atoms with Gasteiger partial charge in [0, 0.05) is 21.7 Å². The summed E-state index contributed by atoms with van der Waals surface area (Å²) in [5, 5.41) is 2.25. The van der Waals surface area contributed by atoms with Crippen molar-refractivity contribution in [2.45, 2.75) is 0 Å². The van der Waals surface area contributed by atoms with Gasteiger partial charge in [0.1, 0.15) is 11.6 Å². The predicted molar refractivity (Wildman–Crippen MR) is 109 cm³/mol. The summed E-state index contributed by atoms with van der Waals surface area (Å²) < 4.78 is 27.9. The van der Waals surface area contributed by atoms with Crippen molar-refractivity contribution < 1.29 is 8.78 Å². The molecule has 0 fully saturated rings. The molecule has 0 saturated heterocycles. The Kier molecular flexibility index (Phi) is 4.75. The minimum Gasteiger partial charge on any atom is -0.207 e. The Morgan fingerprint density at radius 1 is 0.704 bits per heavy atom. The van der Waals surface area contributed by atoms with Gasteiger partial charge in [0.2, 0.25) is 0 Å². The Hall–Kier alpha value is -2.96. The van der Waals surface area contributed by atoms with Crippen LogP contribution in [0.15, 0.2) is 83.3 Å². The highest BCUT2D eigenvalue weighted by molar-refractivity contribution is 9.10. The highest BCUT2D eigenvalue weighted by atomic mass is 79.9. The van der Waals surface area contributed by atoms with E-state index in [1.54, 1.807) is 0 Å². The predicted octanol–water partition coefficient (Wildman–Crippen LogP) is 6.95. The van der Waals surface area contributed by atoms with Crippen LogP contribution in [0.3, 0.4) is 0 Å². The van der Waals surface area contributed by atoms with Gasteiger partial charge >= 0.3 is 0 Å². The van der Waals surface area contributed by atoms with Gasteiger partial charge in [-0.05, 0) is 40.6 Å². The van der Waals surface area contributed by atoms with Crippen LogP contribution in [-0.2, 0) is 0 Å². The zero-order chi connectivity index (χ0) is 18.8. The van der Waals surface area contributed by atoms with Crippen LogP contribution < -0.4 is 0 Å². The fraction of sp³-hybridized carbons (Fsp3) is 0. The molecule has 0 aliphatic carbocycles. The smallest absolute Gasteiger partial charge is 0.141 e. The molecule has 3 heteroatoms. The molecule has 0 radical (unpaired) electrons. The topological polar surface area (TPSA) is 0 Å². The van der Waals surface area contributed by atoms with Crippen molar-refractivity contribution in [1.82, 2.24) is 0 Å². The fourth-order valence-electron chi connectivity index (χ4n) is 3.07. The number of fused-ring (bicyclic) bond motifs is 1. The maximum Gasteiger partial charge on any atom is 0.141 e. The summed E-state index contributed by atoms with van der Waals surface area (Å²) in [6.07, 6.45) is 0. The summed E-state index contributed by atoms with van der Waals surface area (Å²) >= 11 is 3.63. The van der Waals surface area contributed by atoms with Crippen molar-refractivity contribution in [3.63, 3.8) is 0 Å². The van der Waals surface area contributed by atoms with Crippen LogP contribution in [0.2, 0.25) is 0 Å². The summed E-state index contributed by atoms with van der Waals surface area (Å²) in [5.41, 5.74) is 2.93. The normalized spacial score (nSPS) is 10.5. The number of hydrogen-bond donors (Lipinski definition) is 0. The largest absolute Gasteiger partial charge is 0.207 e. The average Bonchev–Trinajstić information content (AvgIpc) is 2.67. The molecule has 0 heterocycles. The van der Waals surface area contributed by atoms with E-state index >= 15 is 0 Å². The number of hydrogen-bond acceptors (Lipinski definition) is 0. The Morgan fingerprint density at radius 2 is 1.44 bits per heavy atom. The summed E-state index contributed by atoms with van der Waals surface area (Å²) in [6, 6.07) is 23.4. The molecule has 0 N–H and O–H groups in total. The Morgan fingerprint density at radius 3 is 2.30 bits per heavy atom. The summed E-state index contributed by atoms with van der Waals surface area (Å²) in [4.78, 5) is 0. The van der Waals surface area contributed by atoms with Gasteiger partial charge in [-0.15, -0.1) is 0 Å². The van der Waals surface area contributed by atoms with Gasteiger partial charge in [0.25, 0.3) is 0 Å². The van der Waals surface area contributed by atoms with Crippen LogP contribution in [0.5, 0.6) is 0 Å². The molecule has 0 atom stereocenters. The van der Waals surface area contributed by atoms with E-state index in [0.29, 0.717) is 0 Å². The molecule has 4 aromatic carbocycles. The summed E-state index contributed by atoms with van der Waals surface area (Å²) in [6.45, 7) is 0. The van der Waals surface area contributed by atoms with Gasteiger partial charge in [-0.25, -0.2) is 8.78 Å². The quantitative estimate of drug-likeness (QED) is 0.293. The first-order chi connectivity index (χ1) is 13.1. The third kappa shape index (κ3) is 3.49. The fourth-order valence-corrected chi connectivity index (χ4v) is 3.65. The first-order valence-electron chi connectivity index (χ1n) is 8.37. The lowest BCUT2D eigenvalue weighted by atomic mass is 9.94. The zero-order valence-corrected chi connectivity index (χ0v) is 15.7. The molecule has 0 aromatic heterocycles. The van der Waals surface area contributed by atoms with Gasteiger partial charge in [-0.3, -0.25) is 0 Å². The molecule has 0 saturated carbocycles. The van der Waals surface area contributed by atoms with E-state index in [2.05, 4.69) is 46.0 Å². The van der Waals surface area contributed by atoms with E-state index in [-0.39, 0.29) is 5.56 Å². The molecule has 27 heavy (non-hydrogen) atoms. The van der Waals surface area contributed by atoms with Gasteiger partial charge in [0.15, 0.2) is 0 Å². The van der Waals surface area contributed by atoms with Crippen molar-refractivity contribution in [3.05, 3.63) is 106 Å². The van der Waals surface area contributed by atoms with Crippen LogP contribution in [0.4, 0.5) is 8.78 Å². The van der Waals surface area contributed by atoms with E-state index in [1.807, 2.05) is 42.5 Å². The minimum atomic E-state index is -0.663. The molecule has 0 spiro atoms. The Balaban J connectivity index is 1.90. The maximum absolute atomic E-state index is 13.9. The summed E-state index contributed by atoms with van der Waals surface area (Å²) in [7, 11) is 0. The van der Waals surface area contributed by atoms with E-state index < -0.39 is 11.6 Å². The van der Waals surface area contributed by atoms with Crippen molar-refractivity contribution >= 4 is 26.7 Å². The van der Waals surface area contributed by atoms with Crippen LogP contribution in [0.1, 0.15) is 11.1 Å². The number of benzene rings is 4. The van der Waals surface area contributed by atoms with Crippen molar-refractivity contribution in [2.75, 3.05) is 0 Å². The molecule has 0 amide bonds. The molecule has 0 nitrogen and oxygen atoms in total.